The van der Waals surface area contributed by atoms with Crippen molar-refractivity contribution < 1.29 is 0 Å². The van der Waals surface area contributed by atoms with Gasteiger partial charge in [0.25, 0.3) is 0 Å². The summed E-state index contributed by atoms with van der Waals surface area (Å²) >= 11 is 0. The van der Waals surface area contributed by atoms with E-state index in [1.54, 1.807) is 0 Å². The lowest BCUT2D eigenvalue weighted by Gasteiger charge is -2.16. The number of hydrogen-bond donors (Lipinski definition) is 0. The van der Waals surface area contributed by atoms with Gasteiger partial charge in [0.15, 0.2) is 0 Å². The lowest BCUT2D eigenvalue weighted by Crippen LogP contribution is -2.00. The molecule has 0 heterocycles. The molecule has 0 heteroatoms. The van der Waals surface area contributed by atoms with E-state index >= 15 is 0 Å². The second-order valence-corrected chi connectivity index (χ2v) is 6.18. The van der Waals surface area contributed by atoms with E-state index in [0.29, 0.717) is 5.92 Å². The molecule has 0 amide bonds. The zero-order chi connectivity index (χ0) is 16.5. The van der Waals surface area contributed by atoms with E-state index in [1.165, 1.54) is 23.1 Å². The van der Waals surface area contributed by atoms with Gasteiger partial charge in [-0.05, 0) is 41.9 Å². The summed E-state index contributed by atoms with van der Waals surface area (Å²) in [4.78, 5) is 0. The fourth-order valence-electron chi connectivity index (χ4n) is 3.06. The highest BCUT2D eigenvalue weighted by Crippen LogP contribution is 2.26. The number of allylic oxidation sites excluding steroid dienone is 1. The van der Waals surface area contributed by atoms with Crippen LogP contribution in [0.1, 0.15) is 35.4 Å². The Morgan fingerprint density at radius 1 is 0.667 bits per heavy atom. The Morgan fingerprint density at radius 3 is 1.92 bits per heavy atom. The molecule has 0 fully saturated rings. The van der Waals surface area contributed by atoms with E-state index in [4.69, 9.17) is 0 Å². The van der Waals surface area contributed by atoms with Gasteiger partial charge in [0.05, 0.1) is 0 Å². The summed E-state index contributed by atoms with van der Waals surface area (Å²) in [6, 6.07) is 32.2. The van der Waals surface area contributed by atoms with Gasteiger partial charge in [0.1, 0.15) is 0 Å². The van der Waals surface area contributed by atoms with Crippen LogP contribution in [-0.4, -0.2) is 0 Å². The van der Waals surface area contributed by atoms with Crippen molar-refractivity contribution in [2.75, 3.05) is 0 Å². The predicted molar refractivity (Wildman–Crippen MR) is 104 cm³/mol. The summed E-state index contributed by atoms with van der Waals surface area (Å²) in [7, 11) is 0. The number of hydrogen-bond acceptors (Lipinski definition) is 0. The second-order valence-electron chi connectivity index (χ2n) is 6.18. The topological polar surface area (TPSA) is 0 Å². The van der Waals surface area contributed by atoms with E-state index in [0.717, 1.165) is 12.8 Å². The Bertz CT molecular complexity index is 727. The quantitative estimate of drug-likeness (QED) is 0.466. The van der Waals surface area contributed by atoms with Crippen LogP contribution in [0.2, 0.25) is 0 Å². The number of benzene rings is 3. The van der Waals surface area contributed by atoms with Gasteiger partial charge in [0.2, 0.25) is 0 Å². The molecule has 24 heavy (non-hydrogen) atoms. The van der Waals surface area contributed by atoms with Gasteiger partial charge >= 0.3 is 0 Å². The van der Waals surface area contributed by atoms with Gasteiger partial charge < -0.3 is 0 Å². The first-order valence-corrected chi connectivity index (χ1v) is 8.72. The first-order chi connectivity index (χ1) is 11.9. The minimum Gasteiger partial charge on any atom is -0.0833 e. The average molecular weight is 312 g/mol. The van der Waals surface area contributed by atoms with Crippen molar-refractivity contribution in [2.24, 2.45) is 0 Å². The van der Waals surface area contributed by atoms with Crippen molar-refractivity contribution in [3.05, 3.63) is 114 Å². The molecule has 0 nitrogen and oxygen atoms in total. The number of rotatable bonds is 7. The van der Waals surface area contributed by atoms with Crippen LogP contribution in [0.15, 0.2) is 97.1 Å². The van der Waals surface area contributed by atoms with Gasteiger partial charge in [-0.15, -0.1) is 0 Å². The molecule has 3 aromatic rings. The molecule has 0 radical (unpaired) electrons. The summed E-state index contributed by atoms with van der Waals surface area (Å²) in [5.41, 5.74) is 4.13. The molecule has 0 N–H and O–H groups in total. The summed E-state index contributed by atoms with van der Waals surface area (Å²) in [6.07, 6.45) is 7.93. The summed E-state index contributed by atoms with van der Waals surface area (Å²) in [5.74, 6) is 0.561. The highest BCUT2D eigenvalue weighted by atomic mass is 14.1. The third-order valence-electron chi connectivity index (χ3n) is 4.43. The van der Waals surface area contributed by atoms with Crippen LogP contribution in [0, 0.1) is 0 Å². The van der Waals surface area contributed by atoms with Crippen LogP contribution in [0.25, 0.3) is 6.08 Å². The van der Waals surface area contributed by atoms with E-state index in [-0.39, 0.29) is 0 Å². The molecule has 0 aromatic heterocycles. The van der Waals surface area contributed by atoms with Crippen LogP contribution < -0.4 is 0 Å². The molecule has 0 spiro atoms. The molecule has 0 aliphatic heterocycles. The largest absolute Gasteiger partial charge is 0.0833 e. The third kappa shape index (κ3) is 4.96. The maximum atomic E-state index is 2.32. The van der Waals surface area contributed by atoms with E-state index < -0.39 is 0 Å². The van der Waals surface area contributed by atoms with Crippen LogP contribution in [0.4, 0.5) is 0 Å². The highest BCUT2D eigenvalue weighted by Gasteiger charge is 2.10. The van der Waals surface area contributed by atoms with Crippen molar-refractivity contribution >= 4 is 6.08 Å². The van der Waals surface area contributed by atoms with Crippen LogP contribution in [-0.2, 0) is 6.42 Å². The van der Waals surface area contributed by atoms with Crippen molar-refractivity contribution in [1.29, 1.82) is 0 Å². The van der Waals surface area contributed by atoms with E-state index in [2.05, 4.69) is 103 Å². The fourth-order valence-corrected chi connectivity index (χ4v) is 3.06. The highest BCUT2D eigenvalue weighted by molar-refractivity contribution is 5.48. The van der Waals surface area contributed by atoms with Crippen molar-refractivity contribution in [3.63, 3.8) is 0 Å². The normalized spacial score (nSPS) is 12.3. The third-order valence-corrected chi connectivity index (χ3v) is 4.43. The summed E-state index contributed by atoms with van der Waals surface area (Å²) < 4.78 is 0. The van der Waals surface area contributed by atoms with Crippen molar-refractivity contribution in [2.45, 2.75) is 25.2 Å². The van der Waals surface area contributed by atoms with Crippen LogP contribution >= 0.6 is 0 Å². The standard InChI is InChI=1S/C24H24/c1-4-11-21(12-5-1)15-10-18-24(23-16-8-3-9-17-23)20-19-22-13-6-2-7-14-22/h1-17,24H,18-20H2/b15-10+. The van der Waals surface area contributed by atoms with Gasteiger partial charge in [-0.2, -0.15) is 0 Å². The molecule has 0 saturated carbocycles. The predicted octanol–water partition coefficient (Wildman–Crippen LogP) is 6.51. The Hall–Kier alpha value is -2.60. The van der Waals surface area contributed by atoms with Crippen molar-refractivity contribution in [1.82, 2.24) is 0 Å². The van der Waals surface area contributed by atoms with Crippen LogP contribution in [0.3, 0.4) is 0 Å². The number of aryl methyl sites for hydroxylation is 1. The molecule has 3 rings (SSSR count). The first kappa shape index (κ1) is 16.3. The SMILES string of the molecule is C(=C\c1ccccc1)/CC(CCc1ccccc1)c1ccccc1. The average Bonchev–Trinajstić information content (AvgIpc) is 2.67. The van der Waals surface area contributed by atoms with Crippen LogP contribution in [0.5, 0.6) is 0 Å². The van der Waals surface area contributed by atoms with E-state index in [9.17, 15) is 0 Å². The van der Waals surface area contributed by atoms with E-state index in [1.807, 2.05) is 0 Å². The molecule has 0 bridgehead atoms. The lowest BCUT2D eigenvalue weighted by atomic mass is 9.89. The zero-order valence-corrected chi connectivity index (χ0v) is 14.0. The Balaban J connectivity index is 1.67. The monoisotopic (exact) mass is 312 g/mol. The summed E-state index contributed by atoms with van der Waals surface area (Å²) in [5, 5.41) is 0. The van der Waals surface area contributed by atoms with Crippen molar-refractivity contribution in [3.8, 4) is 0 Å². The van der Waals surface area contributed by atoms with Gasteiger partial charge in [0, 0.05) is 0 Å². The molecule has 0 aliphatic rings. The Morgan fingerprint density at radius 2 is 1.25 bits per heavy atom. The molecular formula is C24H24. The molecule has 1 unspecified atom stereocenters. The molecule has 120 valence electrons. The molecule has 3 aromatic carbocycles. The minimum absolute atomic E-state index is 0.561. The molecule has 0 saturated heterocycles. The second kappa shape index (κ2) is 8.88. The first-order valence-electron chi connectivity index (χ1n) is 8.72. The maximum Gasteiger partial charge on any atom is -0.0124 e. The van der Waals surface area contributed by atoms with Gasteiger partial charge in [-0.25, -0.2) is 0 Å². The minimum atomic E-state index is 0.561. The Labute approximate surface area is 145 Å². The zero-order valence-electron chi connectivity index (χ0n) is 14.0. The lowest BCUT2D eigenvalue weighted by molar-refractivity contribution is 0.633. The molecule has 1 atom stereocenters. The molecule has 0 aliphatic carbocycles. The summed E-state index contributed by atoms with van der Waals surface area (Å²) in [6.45, 7) is 0. The Kier molecular flexibility index (Phi) is 6.02. The molecular weight excluding hydrogens is 288 g/mol. The smallest absolute Gasteiger partial charge is 0.0124 e. The van der Waals surface area contributed by atoms with Gasteiger partial charge in [-0.3, -0.25) is 0 Å². The van der Waals surface area contributed by atoms with Gasteiger partial charge in [-0.1, -0.05) is 103 Å². The fraction of sp³-hybridized carbons (Fsp3) is 0.167. The maximum absolute atomic E-state index is 2.32.